The number of halogens is 2. The first-order chi connectivity index (χ1) is 13.2. The van der Waals surface area contributed by atoms with Crippen molar-refractivity contribution in [3.63, 3.8) is 0 Å². The van der Waals surface area contributed by atoms with Crippen LogP contribution in [0, 0.1) is 5.92 Å². The fourth-order valence-corrected chi connectivity index (χ4v) is 6.36. The summed E-state index contributed by atoms with van der Waals surface area (Å²) >= 11 is 12.0. The van der Waals surface area contributed by atoms with E-state index in [1.54, 1.807) is 6.07 Å². The van der Waals surface area contributed by atoms with Crippen molar-refractivity contribution in [3.8, 4) is 0 Å². The maximum absolute atomic E-state index is 12.6. The minimum Gasteiger partial charge on any atom is -0.373 e. The molecule has 5 nitrogen and oxygen atoms in total. The number of piperidine rings is 1. The molecule has 0 aliphatic carbocycles. The molecule has 1 aromatic carbocycles. The van der Waals surface area contributed by atoms with Crippen molar-refractivity contribution in [2.75, 3.05) is 45.0 Å². The van der Waals surface area contributed by atoms with Crippen molar-refractivity contribution in [2.45, 2.75) is 43.8 Å². The van der Waals surface area contributed by atoms with Crippen LogP contribution in [0.5, 0.6) is 0 Å². The number of hydrogen-bond donors (Lipinski definition) is 0. The zero-order valence-corrected chi connectivity index (χ0v) is 18.9. The van der Waals surface area contributed by atoms with Gasteiger partial charge in [0.05, 0.1) is 27.9 Å². The van der Waals surface area contributed by atoms with Crippen molar-refractivity contribution in [2.24, 2.45) is 5.92 Å². The number of sulfone groups is 1. The summed E-state index contributed by atoms with van der Waals surface area (Å²) in [5, 5.41) is 0.618. The van der Waals surface area contributed by atoms with E-state index in [2.05, 4.69) is 23.6 Å². The van der Waals surface area contributed by atoms with Crippen LogP contribution in [0.2, 0.25) is 10.0 Å². The Balaban J connectivity index is 1.46. The highest BCUT2D eigenvalue weighted by Crippen LogP contribution is 2.26. The van der Waals surface area contributed by atoms with Gasteiger partial charge in [0.25, 0.3) is 0 Å². The minimum absolute atomic E-state index is 0.0657. The van der Waals surface area contributed by atoms with Crippen LogP contribution in [0.4, 0.5) is 0 Å². The lowest BCUT2D eigenvalue weighted by atomic mass is 9.95. The summed E-state index contributed by atoms with van der Waals surface area (Å²) in [6.45, 7) is 9.81. The van der Waals surface area contributed by atoms with E-state index in [0.29, 0.717) is 29.7 Å². The standard InChI is InChI=1S/C20H30Cl2N2O3S/c1-15-12-24(13-16(2)27-15)14-17-5-7-23(8-6-17)9-10-28(25,26)20-11-18(21)3-4-19(20)22/h3-4,11,15-17H,5-10,12-14H2,1-2H3/t15-,16+. The summed E-state index contributed by atoms with van der Waals surface area (Å²) in [6, 6.07) is 4.58. The van der Waals surface area contributed by atoms with Crippen LogP contribution in [0.3, 0.4) is 0 Å². The minimum atomic E-state index is -3.44. The maximum atomic E-state index is 12.6. The molecule has 0 N–H and O–H groups in total. The summed E-state index contributed by atoms with van der Waals surface area (Å²) in [5.74, 6) is 0.740. The van der Waals surface area contributed by atoms with Gasteiger partial charge in [-0.3, -0.25) is 4.90 Å². The van der Waals surface area contributed by atoms with Crippen LogP contribution >= 0.6 is 23.2 Å². The Bertz CT molecular complexity index is 757. The van der Waals surface area contributed by atoms with Crippen molar-refractivity contribution < 1.29 is 13.2 Å². The van der Waals surface area contributed by atoms with Gasteiger partial charge < -0.3 is 9.64 Å². The lowest BCUT2D eigenvalue weighted by Gasteiger charge is -2.39. The first kappa shape index (κ1) is 22.3. The van der Waals surface area contributed by atoms with Crippen LogP contribution in [-0.2, 0) is 14.6 Å². The molecule has 2 saturated heterocycles. The molecule has 1 aromatic rings. The van der Waals surface area contributed by atoms with Crippen molar-refractivity contribution in [3.05, 3.63) is 28.2 Å². The molecule has 3 rings (SSSR count). The topological polar surface area (TPSA) is 49.9 Å². The van der Waals surface area contributed by atoms with Gasteiger partial charge in [-0.1, -0.05) is 23.2 Å². The van der Waals surface area contributed by atoms with Crippen LogP contribution in [0.25, 0.3) is 0 Å². The molecule has 2 atom stereocenters. The summed E-state index contributed by atoms with van der Waals surface area (Å²) in [5.41, 5.74) is 0. The molecule has 8 heteroatoms. The van der Waals surface area contributed by atoms with Gasteiger partial charge in [0.2, 0.25) is 0 Å². The van der Waals surface area contributed by atoms with Crippen molar-refractivity contribution >= 4 is 33.0 Å². The fraction of sp³-hybridized carbons (Fsp3) is 0.700. The van der Waals surface area contributed by atoms with Gasteiger partial charge in [-0.15, -0.1) is 0 Å². The number of benzene rings is 1. The van der Waals surface area contributed by atoms with E-state index in [1.165, 1.54) is 12.1 Å². The third kappa shape index (κ3) is 6.07. The summed E-state index contributed by atoms with van der Waals surface area (Å²) in [7, 11) is -3.44. The molecule has 2 heterocycles. The quantitative estimate of drug-likeness (QED) is 0.665. The van der Waals surface area contributed by atoms with Gasteiger partial charge in [-0.05, 0) is 63.9 Å². The number of morpholine rings is 1. The second-order valence-electron chi connectivity index (χ2n) is 8.15. The Morgan fingerprint density at radius 2 is 1.71 bits per heavy atom. The predicted octanol–water partition coefficient (Wildman–Crippen LogP) is 3.59. The largest absolute Gasteiger partial charge is 0.373 e. The Hall–Kier alpha value is -0.370. The molecule has 0 saturated carbocycles. The molecule has 2 fully saturated rings. The summed E-state index contributed by atoms with van der Waals surface area (Å²) < 4.78 is 31.1. The summed E-state index contributed by atoms with van der Waals surface area (Å²) in [4.78, 5) is 4.90. The van der Waals surface area contributed by atoms with Gasteiger partial charge >= 0.3 is 0 Å². The van der Waals surface area contributed by atoms with E-state index in [0.717, 1.165) is 45.6 Å². The first-order valence-corrected chi connectivity index (χ1v) is 12.4. The predicted molar refractivity (Wildman–Crippen MR) is 114 cm³/mol. The number of ether oxygens (including phenoxy) is 1. The lowest BCUT2D eigenvalue weighted by Crippen LogP contribution is -2.48. The number of hydrogen-bond acceptors (Lipinski definition) is 5. The molecule has 0 aromatic heterocycles. The zero-order chi connectivity index (χ0) is 20.3. The highest BCUT2D eigenvalue weighted by atomic mass is 35.5. The zero-order valence-electron chi connectivity index (χ0n) is 16.6. The molecular weight excluding hydrogens is 419 g/mol. The van der Waals surface area contributed by atoms with Gasteiger partial charge in [0, 0.05) is 31.2 Å². The molecule has 28 heavy (non-hydrogen) atoms. The second kappa shape index (κ2) is 9.63. The molecule has 0 radical (unpaired) electrons. The number of rotatable bonds is 6. The van der Waals surface area contributed by atoms with Crippen LogP contribution < -0.4 is 0 Å². The van der Waals surface area contributed by atoms with Crippen LogP contribution in [0.15, 0.2) is 23.1 Å². The lowest BCUT2D eigenvalue weighted by molar-refractivity contribution is -0.0731. The van der Waals surface area contributed by atoms with E-state index in [4.69, 9.17) is 27.9 Å². The Kier molecular flexibility index (Phi) is 7.67. The first-order valence-electron chi connectivity index (χ1n) is 10.0. The smallest absolute Gasteiger partial charge is 0.181 e. The fourth-order valence-electron chi connectivity index (χ4n) is 4.27. The van der Waals surface area contributed by atoms with Crippen molar-refractivity contribution in [1.29, 1.82) is 0 Å². The number of nitrogens with zero attached hydrogens (tertiary/aromatic N) is 2. The monoisotopic (exact) mass is 448 g/mol. The highest BCUT2D eigenvalue weighted by molar-refractivity contribution is 7.91. The molecule has 0 bridgehead atoms. The average Bonchev–Trinajstić information content (AvgIpc) is 2.62. The van der Waals surface area contributed by atoms with Crippen LogP contribution in [-0.4, -0.2) is 75.4 Å². The van der Waals surface area contributed by atoms with Gasteiger partial charge in [-0.2, -0.15) is 0 Å². The molecule has 158 valence electrons. The van der Waals surface area contributed by atoms with E-state index in [1.807, 2.05) is 0 Å². The molecular formula is C20H30Cl2N2O3S. The third-order valence-electron chi connectivity index (χ3n) is 5.62. The van der Waals surface area contributed by atoms with E-state index < -0.39 is 9.84 Å². The van der Waals surface area contributed by atoms with E-state index in [-0.39, 0.29) is 15.7 Å². The molecule has 2 aliphatic heterocycles. The maximum Gasteiger partial charge on any atom is 0.181 e. The van der Waals surface area contributed by atoms with Crippen LogP contribution in [0.1, 0.15) is 26.7 Å². The Morgan fingerprint density at radius 1 is 1.07 bits per heavy atom. The second-order valence-corrected chi connectivity index (χ2v) is 11.1. The van der Waals surface area contributed by atoms with Gasteiger partial charge in [-0.25, -0.2) is 8.42 Å². The third-order valence-corrected chi connectivity index (χ3v) is 8.03. The molecule has 0 amide bonds. The molecule has 2 aliphatic rings. The molecule has 0 unspecified atom stereocenters. The SMILES string of the molecule is C[C@@H]1CN(CC2CCN(CCS(=O)(=O)c3cc(Cl)ccc3Cl)CC2)C[C@H](C)O1. The molecule has 0 spiro atoms. The van der Waals surface area contributed by atoms with Crippen molar-refractivity contribution in [1.82, 2.24) is 9.80 Å². The van der Waals surface area contributed by atoms with E-state index in [9.17, 15) is 8.42 Å². The highest BCUT2D eigenvalue weighted by Gasteiger charge is 2.27. The average molecular weight is 449 g/mol. The summed E-state index contributed by atoms with van der Waals surface area (Å²) in [6.07, 6.45) is 2.82. The Morgan fingerprint density at radius 3 is 2.36 bits per heavy atom. The normalized spacial score (nSPS) is 25.9. The van der Waals surface area contributed by atoms with Gasteiger partial charge in [0.15, 0.2) is 9.84 Å². The Labute approximate surface area is 178 Å². The van der Waals surface area contributed by atoms with Gasteiger partial charge in [0.1, 0.15) is 0 Å². The van der Waals surface area contributed by atoms with E-state index >= 15 is 0 Å². The number of likely N-dealkylation sites (tertiary alicyclic amines) is 1.